The van der Waals surface area contributed by atoms with Crippen molar-refractivity contribution in [2.45, 2.75) is 0 Å². The van der Waals surface area contributed by atoms with Gasteiger partial charge >= 0.3 is 11.9 Å². The Labute approximate surface area is 131 Å². The van der Waals surface area contributed by atoms with Gasteiger partial charge in [0.1, 0.15) is 34.1 Å². The van der Waals surface area contributed by atoms with Crippen LogP contribution in [0.4, 0.5) is 0 Å². The summed E-state index contributed by atoms with van der Waals surface area (Å²) in [6.45, 7) is 0. The van der Waals surface area contributed by atoms with Gasteiger partial charge in [0.25, 0.3) is 0 Å². The fourth-order valence-electron chi connectivity index (χ4n) is 1.84. The van der Waals surface area contributed by atoms with Crippen LogP contribution in [-0.4, -0.2) is 36.4 Å². The SMILES string of the molecule is COC(=O)c1cc(Oc2ccc(O)c(C(=O)OC)c2)ccc1O. The predicted octanol–water partition coefficient (Wildman–Crippen LogP) is 2.46. The highest BCUT2D eigenvalue weighted by Gasteiger charge is 2.15. The topological polar surface area (TPSA) is 102 Å². The molecule has 120 valence electrons. The molecule has 23 heavy (non-hydrogen) atoms. The molecule has 0 aliphatic heterocycles. The van der Waals surface area contributed by atoms with Gasteiger partial charge in [0, 0.05) is 0 Å². The van der Waals surface area contributed by atoms with Crippen molar-refractivity contribution < 1.29 is 34.0 Å². The summed E-state index contributed by atoms with van der Waals surface area (Å²) in [6.07, 6.45) is 0. The van der Waals surface area contributed by atoms with E-state index in [0.717, 1.165) is 0 Å². The van der Waals surface area contributed by atoms with Crippen molar-refractivity contribution in [1.82, 2.24) is 0 Å². The normalized spacial score (nSPS) is 10.0. The Morgan fingerprint density at radius 2 is 1.17 bits per heavy atom. The number of hydrogen-bond acceptors (Lipinski definition) is 7. The van der Waals surface area contributed by atoms with Crippen LogP contribution in [0.15, 0.2) is 36.4 Å². The zero-order valence-corrected chi connectivity index (χ0v) is 12.4. The molecule has 0 aliphatic carbocycles. The van der Waals surface area contributed by atoms with Crippen molar-refractivity contribution in [2.75, 3.05) is 14.2 Å². The number of methoxy groups -OCH3 is 2. The summed E-state index contributed by atoms with van der Waals surface area (Å²) in [4.78, 5) is 23.1. The first-order valence-electron chi connectivity index (χ1n) is 6.46. The van der Waals surface area contributed by atoms with Crippen LogP contribution in [0.1, 0.15) is 20.7 Å². The van der Waals surface area contributed by atoms with Gasteiger partial charge in [-0.2, -0.15) is 0 Å². The highest BCUT2D eigenvalue weighted by molar-refractivity contribution is 5.93. The van der Waals surface area contributed by atoms with Gasteiger partial charge in [-0.05, 0) is 36.4 Å². The van der Waals surface area contributed by atoms with Crippen molar-refractivity contribution in [3.8, 4) is 23.0 Å². The van der Waals surface area contributed by atoms with Crippen molar-refractivity contribution in [2.24, 2.45) is 0 Å². The zero-order chi connectivity index (χ0) is 17.0. The van der Waals surface area contributed by atoms with E-state index in [1.807, 2.05) is 0 Å². The fraction of sp³-hybridized carbons (Fsp3) is 0.125. The van der Waals surface area contributed by atoms with Crippen LogP contribution in [0.2, 0.25) is 0 Å². The molecule has 0 bridgehead atoms. The number of hydrogen-bond donors (Lipinski definition) is 2. The quantitative estimate of drug-likeness (QED) is 0.835. The lowest BCUT2D eigenvalue weighted by atomic mass is 10.1. The van der Waals surface area contributed by atoms with Crippen LogP contribution in [-0.2, 0) is 9.47 Å². The van der Waals surface area contributed by atoms with E-state index in [-0.39, 0.29) is 34.1 Å². The molecule has 7 nitrogen and oxygen atoms in total. The first-order chi connectivity index (χ1) is 11.0. The third-order valence-corrected chi connectivity index (χ3v) is 2.98. The van der Waals surface area contributed by atoms with Gasteiger partial charge in [-0.15, -0.1) is 0 Å². The van der Waals surface area contributed by atoms with E-state index in [1.54, 1.807) is 0 Å². The maximum Gasteiger partial charge on any atom is 0.341 e. The fourth-order valence-corrected chi connectivity index (χ4v) is 1.84. The van der Waals surface area contributed by atoms with Crippen LogP contribution in [0.25, 0.3) is 0 Å². The average molecular weight is 318 g/mol. The largest absolute Gasteiger partial charge is 0.507 e. The first kappa shape index (κ1) is 16.2. The van der Waals surface area contributed by atoms with Crippen LogP contribution >= 0.6 is 0 Å². The third kappa shape index (κ3) is 3.52. The van der Waals surface area contributed by atoms with E-state index in [9.17, 15) is 19.8 Å². The van der Waals surface area contributed by atoms with Gasteiger partial charge < -0.3 is 24.4 Å². The van der Waals surface area contributed by atoms with E-state index in [1.165, 1.54) is 50.6 Å². The minimum Gasteiger partial charge on any atom is -0.507 e. The number of carbonyl (C=O) groups is 2. The Morgan fingerprint density at radius 3 is 1.52 bits per heavy atom. The number of rotatable bonds is 4. The monoisotopic (exact) mass is 318 g/mol. The highest BCUT2D eigenvalue weighted by Crippen LogP contribution is 2.30. The second-order valence-corrected chi connectivity index (χ2v) is 4.44. The molecule has 2 rings (SSSR count). The van der Waals surface area contributed by atoms with Gasteiger partial charge in [0.2, 0.25) is 0 Å². The third-order valence-electron chi connectivity index (χ3n) is 2.98. The van der Waals surface area contributed by atoms with Gasteiger partial charge in [0.05, 0.1) is 14.2 Å². The van der Waals surface area contributed by atoms with E-state index in [4.69, 9.17) is 4.74 Å². The van der Waals surface area contributed by atoms with E-state index in [2.05, 4.69) is 9.47 Å². The van der Waals surface area contributed by atoms with E-state index in [0.29, 0.717) is 0 Å². The molecular formula is C16H14O7. The summed E-state index contributed by atoms with van der Waals surface area (Å²) in [5.74, 6) is -1.44. The minimum atomic E-state index is -0.714. The summed E-state index contributed by atoms with van der Waals surface area (Å²) in [5.41, 5.74) is -0.117. The number of carbonyl (C=O) groups excluding carboxylic acids is 2. The Morgan fingerprint density at radius 1 is 0.783 bits per heavy atom. The van der Waals surface area contributed by atoms with Crippen molar-refractivity contribution in [3.63, 3.8) is 0 Å². The molecule has 0 heterocycles. The summed E-state index contributed by atoms with van der Waals surface area (Å²) >= 11 is 0. The second kappa shape index (κ2) is 6.69. The zero-order valence-electron chi connectivity index (χ0n) is 12.4. The predicted molar refractivity (Wildman–Crippen MR) is 79.0 cm³/mol. The maximum atomic E-state index is 11.5. The Balaban J connectivity index is 2.33. The highest BCUT2D eigenvalue weighted by atomic mass is 16.5. The molecular weight excluding hydrogens is 304 g/mol. The maximum absolute atomic E-state index is 11.5. The van der Waals surface area contributed by atoms with Crippen molar-refractivity contribution in [3.05, 3.63) is 47.5 Å². The van der Waals surface area contributed by atoms with Crippen molar-refractivity contribution >= 4 is 11.9 Å². The number of benzene rings is 2. The smallest absolute Gasteiger partial charge is 0.341 e. The molecule has 7 heteroatoms. The van der Waals surface area contributed by atoms with Crippen LogP contribution in [0.3, 0.4) is 0 Å². The number of aromatic hydroxyl groups is 2. The summed E-state index contributed by atoms with van der Waals surface area (Å²) in [5, 5.41) is 19.3. The molecule has 0 saturated carbocycles. The summed E-state index contributed by atoms with van der Waals surface area (Å²) in [6, 6.07) is 8.03. The standard InChI is InChI=1S/C16H14O7/c1-21-15(19)11-7-9(3-5-13(11)17)23-10-4-6-14(18)12(8-10)16(20)22-2/h3-8,17-18H,1-2H3. The number of phenols is 2. The van der Waals surface area contributed by atoms with E-state index < -0.39 is 11.9 Å². The molecule has 0 aromatic heterocycles. The van der Waals surface area contributed by atoms with Crippen LogP contribution in [0.5, 0.6) is 23.0 Å². The molecule has 0 radical (unpaired) electrons. The molecule has 0 atom stereocenters. The Bertz CT molecular complexity index is 689. The molecule has 0 aliphatic rings. The number of esters is 2. The van der Waals surface area contributed by atoms with Gasteiger partial charge in [-0.1, -0.05) is 0 Å². The molecule has 2 aromatic rings. The number of phenolic OH excluding ortho intramolecular Hbond substituents is 2. The Kier molecular flexibility index (Phi) is 4.70. The molecule has 2 N–H and O–H groups in total. The molecule has 2 aromatic carbocycles. The minimum absolute atomic E-state index is 0.0584. The summed E-state index contributed by atoms with van der Waals surface area (Å²) in [7, 11) is 2.38. The second-order valence-electron chi connectivity index (χ2n) is 4.44. The van der Waals surface area contributed by atoms with E-state index >= 15 is 0 Å². The number of ether oxygens (including phenoxy) is 3. The lowest BCUT2D eigenvalue weighted by Crippen LogP contribution is -2.03. The van der Waals surface area contributed by atoms with Gasteiger partial charge in [0.15, 0.2) is 0 Å². The van der Waals surface area contributed by atoms with Crippen LogP contribution < -0.4 is 4.74 Å². The Hall–Kier alpha value is -3.22. The van der Waals surface area contributed by atoms with Gasteiger partial charge in [-0.25, -0.2) is 9.59 Å². The molecule has 0 saturated heterocycles. The molecule has 0 fully saturated rings. The lowest BCUT2D eigenvalue weighted by Gasteiger charge is -2.10. The van der Waals surface area contributed by atoms with Gasteiger partial charge in [-0.3, -0.25) is 0 Å². The average Bonchev–Trinajstić information content (AvgIpc) is 2.56. The summed E-state index contributed by atoms with van der Waals surface area (Å²) < 4.78 is 14.6. The molecule has 0 unspecified atom stereocenters. The molecule has 0 spiro atoms. The molecule has 0 amide bonds. The van der Waals surface area contributed by atoms with Crippen molar-refractivity contribution in [1.29, 1.82) is 0 Å². The first-order valence-corrected chi connectivity index (χ1v) is 6.46. The lowest BCUT2D eigenvalue weighted by molar-refractivity contribution is 0.0588. The van der Waals surface area contributed by atoms with Crippen LogP contribution in [0, 0.1) is 0 Å².